The van der Waals surface area contributed by atoms with E-state index in [0.717, 1.165) is 36.3 Å². The molecule has 17 heavy (non-hydrogen) atoms. The van der Waals surface area contributed by atoms with Crippen molar-refractivity contribution in [2.75, 3.05) is 19.6 Å². The minimum absolute atomic E-state index is 0.620. The Morgan fingerprint density at radius 1 is 1.53 bits per heavy atom. The van der Waals surface area contributed by atoms with Crippen LogP contribution in [-0.4, -0.2) is 35.6 Å². The number of nitrogens with one attached hydrogen (secondary N) is 1. The van der Waals surface area contributed by atoms with Gasteiger partial charge in [-0.25, -0.2) is 0 Å². The van der Waals surface area contributed by atoms with Crippen molar-refractivity contribution >= 4 is 15.9 Å². The Bertz CT molecular complexity index is 350. The zero-order valence-electron chi connectivity index (χ0n) is 10.5. The second kappa shape index (κ2) is 5.94. The fraction of sp³-hybridized carbons (Fsp3) is 0.615. The quantitative estimate of drug-likeness (QED) is 0.928. The van der Waals surface area contributed by atoms with Gasteiger partial charge in [0.2, 0.25) is 0 Å². The second-order valence-electron chi connectivity index (χ2n) is 4.95. The Hall–Kier alpha value is -0.450. The lowest BCUT2D eigenvalue weighted by Gasteiger charge is -2.38. The molecule has 0 saturated carbocycles. The van der Waals surface area contributed by atoms with Crippen LogP contribution in [0, 0.1) is 5.92 Å². The van der Waals surface area contributed by atoms with E-state index in [2.05, 4.69) is 57.1 Å². The number of hydrogen-bond donors (Lipinski definition) is 1. The SMILES string of the molecule is CC(C)C1CNCCN1Cc1ccc(Br)cn1. The normalized spacial score (nSPS) is 22.0. The molecule has 4 heteroatoms. The highest BCUT2D eigenvalue weighted by molar-refractivity contribution is 9.10. The van der Waals surface area contributed by atoms with E-state index in [1.54, 1.807) is 0 Å². The highest BCUT2D eigenvalue weighted by Crippen LogP contribution is 2.16. The molecule has 2 rings (SSSR count). The first-order valence-electron chi connectivity index (χ1n) is 6.22. The lowest BCUT2D eigenvalue weighted by molar-refractivity contribution is 0.115. The van der Waals surface area contributed by atoms with Crippen LogP contribution in [0.3, 0.4) is 0 Å². The summed E-state index contributed by atoms with van der Waals surface area (Å²) in [6, 6.07) is 4.78. The van der Waals surface area contributed by atoms with E-state index in [-0.39, 0.29) is 0 Å². The van der Waals surface area contributed by atoms with Crippen LogP contribution in [0.25, 0.3) is 0 Å². The van der Waals surface area contributed by atoms with Crippen LogP contribution in [0.2, 0.25) is 0 Å². The average Bonchev–Trinajstić information content (AvgIpc) is 2.32. The van der Waals surface area contributed by atoms with Crippen molar-refractivity contribution in [2.45, 2.75) is 26.4 Å². The van der Waals surface area contributed by atoms with Gasteiger partial charge in [0.05, 0.1) is 5.69 Å². The number of halogens is 1. The number of nitrogens with zero attached hydrogens (tertiary/aromatic N) is 2. The van der Waals surface area contributed by atoms with Crippen LogP contribution < -0.4 is 5.32 Å². The van der Waals surface area contributed by atoms with Gasteiger partial charge < -0.3 is 5.32 Å². The molecule has 1 atom stereocenters. The molecule has 1 aromatic rings. The highest BCUT2D eigenvalue weighted by Gasteiger charge is 2.24. The number of pyridine rings is 1. The van der Waals surface area contributed by atoms with Gasteiger partial charge in [-0.15, -0.1) is 0 Å². The summed E-state index contributed by atoms with van der Waals surface area (Å²) in [6.07, 6.45) is 1.88. The van der Waals surface area contributed by atoms with E-state index in [1.807, 2.05) is 6.20 Å². The molecule has 1 aromatic heterocycles. The van der Waals surface area contributed by atoms with Gasteiger partial charge in [0.1, 0.15) is 0 Å². The molecule has 0 aromatic carbocycles. The van der Waals surface area contributed by atoms with Crippen molar-refractivity contribution in [3.05, 3.63) is 28.5 Å². The largest absolute Gasteiger partial charge is 0.314 e. The zero-order chi connectivity index (χ0) is 12.3. The first-order chi connectivity index (χ1) is 8.16. The van der Waals surface area contributed by atoms with E-state index in [4.69, 9.17) is 0 Å². The van der Waals surface area contributed by atoms with Crippen LogP contribution in [0.1, 0.15) is 19.5 Å². The number of hydrogen-bond acceptors (Lipinski definition) is 3. The summed E-state index contributed by atoms with van der Waals surface area (Å²) in [5, 5.41) is 3.47. The fourth-order valence-electron chi connectivity index (χ4n) is 2.33. The van der Waals surface area contributed by atoms with Crippen molar-refractivity contribution in [1.29, 1.82) is 0 Å². The van der Waals surface area contributed by atoms with E-state index in [9.17, 15) is 0 Å². The summed E-state index contributed by atoms with van der Waals surface area (Å²) in [6.45, 7) is 8.83. The van der Waals surface area contributed by atoms with Gasteiger partial charge in [-0.2, -0.15) is 0 Å². The van der Waals surface area contributed by atoms with Crippen LogP contribution in [0.5, 0.6) is 0 Å². The Morgan fingerprint density at radius 2 is 2.35 bits per heavy atom. The fourth-order valence-corrected chi connectivity index (χ4v) is 2.56. The molecule has 0 bridgehead atoms. The standard InChI is InChI=1S/C13H20BrN3/c1-10(2)13-8-15-5-6-17(13)9-12-4-3-11(14)7-16-12/h3-4,7,10,13,15H,5-6,8-9H2,1-2H3. The van der Waals surface area contributed by atoms with Crippen LogP contribution in [0.15, 0.2) is 22.8 Å². The molecule has 0 spiro atoms. The third-order valence-corrected chi connectivity index (χ3v) is 3.79. The van der Waals surface area contributed by atoms with E-state index in [0.29, 0.717) is 12.0 Å². The molecule has 1 aliphatic rings. The molecule has 2 heterocycles. The van der Waals surface area contributed by atoms with Crippen molar-refractivity contribution in [3.63, 3.8) is 0 Å². The van der Waals surface area contributed by atoms with E-state index in [1.165, 1.54) is 0 Å². The van der Waals surface area contributed by atoms with Gasteiger partial charge >= 0.3 is 0 Å². The van der Waals surface area contributed by atoms with Gasteiger partial charge in [0.15, 0.2) is 0 Å². The zero-order valence-corrected chi connectivity index (χ0v) is 12.1. The predicted octanol–water partition coefficient (Wildman–Crippen LogP) is 2.27. The molecule has 0 radical (unpaired) electrons. The monoisotopic (exact) mass is 297 g/mol. The van der Waals surface area contributed by atoms with Gasteiger partial charge in [-0.3, -0.25) is 9.88 Å². The van der Waals surface area contributed by atoms with Gasteiger partial charge in [-0.1, -0.05) is 13.8 Å². The lowest BCUT2D eigenvalue weighted by Crippen LogP contribution is -2.53. The van der Waals surface area contributed by atoms with Crippen molar-refractivity contribution in [3.8, 4) is 0 Å². The molecular weight excluding hydrogens is 278 g/mol. The lowest BCUT2D eigenvalue weighted by atomic mass is 10.0. The number of piperazine rings is 1. The summed E-state index contributed by atoms with van der Waals surface area (Å²) in [5.41, 5.74) is 1.15. The molecule has 1 N–H and O–H groups in total. The maximum atomic E-state index is 4.46. The molecule has 0 aliphatic carbocycles. The van der Waals surface area contributed by atoms with Crippen molar-refractivity contribution in [2.24, 2.45) is 5.92 Å². The number of rotatable bonds is 3. The van der Waals surface area contributed by atoms with Gasteiger partial charge in [0.25, 0.3) is 0 Å². The molecule has 1 aliphatic heterocycles. The summed E-state index contributed by atoms with van der Waals surface area (Å²) < 4.78 is 1.04. The molecular formula is C13H20BrN3. The Balaban J connectivity index is 2.02. The summed E-state index contributed by atoms with van der Waals surface area (Å²) >= 11 is 3.42. The number of aromatic nitrogens is 1. The van der Waals surface area contributed by atoms with Gasteiger partial charge in [0, 0.05) is 42.9 Å². The molecule has 1 unspecified atom stereocenters. The van der Waals surface area contributed by atoms with Crippen LogP contribution >= 0.6 is 15.9 Å². The topological polar surface area (TPSA) is 28.2 Å². The summed E-state index contributed by atoms with van der Waals surface area (Å²) in [7, 11) is 0. The van der Waals surface area contributed by atoms with E-state index >= 15 is 0 Å². The average molecular weight is 298 g/mol. The maximum absolute atomic E-state index is 4.46. The minimum atomic E-state index is 0.620. The third-order valence-electron chi connectivity index (χ3n) is 3.32. The second-order valence-corrected chi connectivity index (χ2v) is 5.87. The first kappa shape index (κ1) is 13.0. The molecule has 3 nitrogen and oxygen atoms in total. The molecule has 94 valence electrons. The molecule has 1 saturated heterocycles. The predicted molar refractivity (Wildman–Crippen MR) is 73.8 cm³/mol. The van der Waals surface area contributed by atoms with Crippen LogP contribution in [0.4, 0.5) is 0 Å². The van der Waals surface area contributed by atoms with Crippen LogP contribution in [-0.2, 0) is 6.54 Å². The summed E-state index contributed by atoms with van der Waals surface area (Å²) in [4.78, 5) is 7.00. The van der Waals surface area contributed by atoms with E-state index < -0.39 is 0 Å². The van der Waals surface area contributed by atoms with Crippen molar-refractivity contribution in [1.82, 2.24) is 15.2 Å². The Morgan fingerprint density at radius 3 is 3.00 bits per heavy atom. The smallest absolute Gasteiger partial charge is 0.0544 e. The molecule has 1 fully saturated rings. The molecule has 0 amide bonds. The summed E-state index contributed by atoms with van der Waals surface area (Å²) in [5.74, 6) is 0.679. The Labute approximate surface area is 112 Å². The van der Waals surface area contributed by atoms with Crippen molar-refractivity contribution < 1.29 is 0 Å². The highest BCUT2D eigenvalue weighted by atomic mass is 79.9. The Kier molecular flexibility index (Phi) is 4.54. The maximum Gasteiger partial charge on any atom is 0.0544 e. The third kappa shape index (κ3) is 3.50. The van der Waals surface area contributed by atoms with Gasteiger partial charge in [-0.05, 0) is 34.0 Å². The first-order valence-corrected chi connectivity index (χ1v) is 7.01. The minimum Gasteiger partial charge on any atom is -0.314 e.